The van der Waals surface area contributed by atoms with E-state index in [1.165, 1.54) is 18.4 Å². The first-order valence-electron chi connectivity index (χ1n) is 7.64. The van der Waals surface area contributed by atoms with Crippen molar-refractivity contribution in [2.75, 3.05) is 25.0 Å². The van der Waals surface area contributed by atoms with Crippen LogP contribution >= 0.6 is 0 Å². The summed E-state index contributed by atoms with van der Waals surface area (Å²) in [5.74, 6) is 0.119. The normalized spacial score (nSPS) is 20.6. The van der Waals surface area contributed by atoms with Crippen molar-refractivity contribution in [3.63, 3.8) is 0 Å². The molecule has 2 aliphatic rings. The maximum Gasteiger partial charge on any atom is 0.242 e. The number of nitrogens with one attached hydrogen (secondary N) is 2. The lowest BCUT2D eigenvalue weighted by atomic mass is 10.1. The smallest absolute Gasteiger partial charge is 0.242 e. The number of likely N-dealkylation sites (N-methyl/N-ethyl adjacent to an activating group) is 1. The van der Waals surface area contributed by atoms with Gasteiger partial charge in [-0.2, -0.15) is 0 Å². The lowest BCUT2D eigenvalue weighted by Gasteiger charge is -2.20. The van der Waals surface area contributed by atoms with Crippen LogP contribution in [0, 0.1) is 0 Å². The molecule has 3 rings (SSSR count). The molecule has 0 bridgehead atoms. The van der Waals surface area contributed by atoms with Crippen molar-refractivity contribution in [2.24, 2.45) is 0 Å². The fourth-order valence-corrected chi connectivity index (χ4v) is 2.94. The summed E-state index contributed by atoms with van der Waals surface area (Å²) in [5, 5.41) is 6.36. The third kappa shape index (κ3) is 2.96. The Hall–Kier alpha value is -1.55. The lowest BCUT2D eigenvalue weighted by molar-refractivity contribution is -0.121. The Kier molecular flexibility index (Phi) is 3.92. The number of nitrogens with zero attached hydrogens (tertiary/aromatic N) is 1. The maximum atomic E-state index is 12.2. The summed E-state index contributed by atoms with van der Waals surface area (Å²) in [7, 11) is 0. The van der Waals surface area contributed by atoms with Gasteiger partial charge in [-0.3, -0.25) is 9.69 Å². The number of hydrogen-bond donors (Lipinski definition) is 2. The number of anilines is 1. The molecular formula is C16H23N3O. The molecule has 0 radical (unpaired) electrons. The van der Waals surface area contributed by atoms with Crippen LogP contribution in [-0.4, -0.2) is 42.5 Å². The number of fused-ring (bicyclic) bond motifs is 1. The van der Waals surface area contributed by atoms with Gasteiger partial charge in [-0.15, -0.1) is 0 Å². The summed E-state index contributed by atoms with van der Waals surface area (Å²) in [6, 6.07) is 8.81. The van der Waals surface area contributed by atoms with E-state index in [0.717, 1.165) is 37.8 Å². The first-order valence-corrected chi connectivity index (χ1v) is 7.64. The van der Waals surface area contributed by atoms with Crippen molar-refractivity contribution >= 4 is 11.6 Å². The Morgan fingerprint density at radius 1 is 1.40 bits per heavy atom. The molecule has 1 aliphatic heterocycles. The van der Waals surface area contributed by atoms with E-state index >= 15 is 0 Å². The SMILES string of the molecule is CCN(CCNC(=O)[C@@H]1Cc2ccccc2N1)C1CC1. The predicted molar refractivity (Wildman–Crippen MR) is 80.8 cm³/mol. The van der Waals surface area contributed by atoms with Crippen LogP contribution in [0.3, 0.4) is 0 Å². The molecule has 20 heavy (non-hydrogen) atoms. The van der Waals surface area contributed by atoms with Crippen molar-refractivity contribution < 1.29 is 4.79 Å². The molecule has 0 aromatic heterocycles. The highest BCUT2D eigenvalue weighted by molar-refractivity contribution is 5.87. The van der Waals surface area contributed by atoms with Gasteiger partial charge in [0.25, 0.3) is 0 Å². The van der Waals surface area contributed by atoms with E-state index < -0.39 is 0 Å². The average Bonchev–Trinajstić information content (AvgIpc) is 3.21. The van der Waals surface area contributed by atoms with Crippen molar-refractivity contribution in [3.05, 3.63) is 29.8 Å². The molecule has 4 heteroatoms. The van der Waals surface area contributed by atoms with Crippen LogP contribution in [0.2, 0.25) is 0 Å². The summed E-state index contributed by atoms with van der Waals surface area (Å²) >= 11 is 0. The summed E-state index contributed by atoms with van der Waals surface area (Å²) < 4.78 is 0. The largest absolute Gasteiger partial charge is 0.373 e. The zero-order valence-electron chi connectivity index (χ0n) is 12.1. The molecule has 1 aromatic carbocycles. The van der Waals surface area contributed by atoms with E-state index in [0.29, 0.717) is 0 Å². The Morgan fingerprint density at radius 2 is 2.20 bits per heavy atom. The molecule has 0 unspecified atom stereocenters. The highest BCUT2D eigenvalue weighted by Crippen LogP contribution is 2.26. The summed E-state index contributed by atoms with van der Waals surface area (Å²) in [6.07, 6.45) is 3.44. The maximum absolute atomic E-state index is 12.2. The van der Waals surface area contributed by atoms with Gasteiger partial charge in [0.1, 0.15) is 6.04 Å². The van der Waals surface area contributed by atoms with Crippen molar-refractivity contribution in [3.8, 4) is 0 Å². The molecule has 1 heterocycles. The first-order chi connectivity index (χ1) is 9.78. The van der Waals surface area contributed by atoms with Crippen LogP contribution in [0.15, 0.2) is 24.3 Å². The Bertz CT molecular complexity index is 459. The summed E-state index contributed by atoms with van der Waals surface area (Å²) in [4.78, 5) is 14.6. The van der Waals surface area contributed by atoms with Gasteiger partial charge in [0, 0.05) is 31.2 Å². The molecule has 2 N–H and O–H groups in total. The van der Waals surface area contributed by atoms with Crippen LogP contribution < -0.4 is 10.6 Å². The van der Waals surface area contributed by atoms with Crippen molar-refractivity contribution in [2.45, 2.75) is 38.3 Å². The number of carbonyl (C=O) groups is 1. The molecule has 108 valence electrons. The highest BCUT2D eigenvalue weighted by atomic mass is 16.2. The van der Waals surface area contributed by atoms with Gasteiger partial charge in [0.05, 0.1) is 0 Å². The zero-order chi connectivity index (χ0) is 13.9. The van der Waals surface area contributed by atoms with Gasteiger partial charge in [-0.25, -0.2) is 0 Å². The Balaban J connectivity index is 1.44. The highest BCUT2D eigenvalue weighted by Gasteiger charge is 2.28. The molecule has 1 atom stereocenters. The molecule has 1 amide bonds. The zero-order valence-corrected chi connectivity index (χ0v) is 12.1. The third-order valence-electron chi connectivity index (χ3n) is 4.26. The van der Waals surface area contributed by atoms with E-state index in [2.05, 4.69) is 28.5 Å². The van der Waals surface area contributed by atoms with Crippen molar-refractivity contribution in [1.82, 2.24) is 10.2 Å². The van der Waals surface area contributed by atoms with Crippen molar-refractivity contribution in [1.29, 1.82) is 0 Å². The number of amides is 1. The second-order valence-electron chi connectivity index (χ2n) is 5.71. The fourth-order valence-electron chi connectivity index (χ4n) is 2.94. The molecule has 4 nitrogen and oxygen atoms in total. The standard InChI is InChI=1S/C16H23N3O/c1-2-19(13-7-8-13)10-9-17-16(20)15-11-12-5-3-4-6-14(12)18-15/h3-6,13,15,18H,2,7-11H2,1H3,(H,17,20)/t15-/m0/s1. The number of rotatable bonds is 6. The quantitative estimate of drug-likeness (QED) is 0.828. The van der Waals surface area contributed by atoms with Gasteiger partial charge < -0.3 is 10.6 Å². The lowest BCUT2D eigenvalue weighted by Crippen LogP contribution is -2.42. The van der Waals surface area contributed by atoms with E-state index in [9.17, 15) is 4.79 Å². The monoisotopic (exact) mass is 273 g/mol. The second-order valence-corrected chi connectivity index (χ2v) is 5.71. The van der Waals surface area contributed by atoms with Gasteiger partial charge >= 0.3 is 0 Å². The third-order valence-corrected chi connectivity index (χ3v) is 4.26. The minimum Gasteiger partial charge on any atom is -0.373 e. The van der Waals surface area contributed by atoms with E-state index in [1.54, 1.807) is 0 Å². The van der Waals surface area contributed by atoms with E-state index in [-0.39, 0.29) is 11.9 Å². The molecular weight excluding hydrogens is 250 g/mol. The summed E-state index contributed by atoms with van der Waals surface area (Å²) in [5.41, 5.74) is 2.33. The first kappa shape index (κ1) is 13.4. The number of benzene rings is 1. The molecule has 0 spiro atoms. The fraction of sp³-hybridized carbons (Fsp3) is 0.562. The Labute approximate surface area is 120 Å². The molecule has 1 fully saturated rings. The molecule has 1 aromatic rings. The van der Waals surface area contributed by atoms with Crippen LogP contribution in [0.4, 0.5) is 5.69 Å². The average molecular weight is 273 g/mol. The van der Waals surface area contributed by atoms with Gasteiger partial charge in [0.2, 0.25) is 5.91 Å². The minimum atomic E-state index is -0.108. The van der Waals surface area contributed by atoms with Crippen LogP contribution in [0.5, 0.6) is 0 Å². The topological polar surface area (TPSA) is 44.4 Å². The molecule has 1 saturated carbocycles. The minimum absolute atomic E-state index is 0.108. The number of hydrogen-bond acceptors (Lipinski definition) is 3. The number of carbonyl (C=O) groups excluding carboxylic acids is 1. The van der Waals surface area contributed by atoms with Gasteiger partial charge in [-0.1, -0.05) is 25.1 Å². The van der Waals surface area contributed by atoms with Crippen LogP contribution in [0.1, 0.15) is 25.3 Å². The van der Waals surface area contributed by atoms with Gasteiger partial charge in [-0.05, 0) is 31.0 Å². The second kappa shape index (κ2) is 5.83. The Morgan fingerprint density at radius 3 is 2.90 bits per heavy atom. The van der Waals surface area contributed by atoms with E-state index in [1.807, 2.05) is 18.2 Å². The van der Waals surface area contributed by atoms with Gasteiger partial charge in [0.15, 0.2) is 0 Å². The van der Waals surface area contributed by atoms with Crippen LogP contribution in [-0.2, 0) is 11.2 Å². The molecule has 0 saturated heterocycles. The van der Waals surface area contributed by atoms with E-state index in [4.69, 9.17) is 0 Å². The van der Waals surface area contributed by atoms with Crippen LogP contribution in [0.25, 0.3) is 0 Å². The predicted octanol–water partition coefficient (Wildman–Crippen LogP) is 1.62. The molecule has 1 aliphatic carbocycles. The summed E-state index contributed by atoms with van der Waals surface area (Å²) in [6.45, 7) is 4.98. The number of para-hydroxylation sites is 1.